The molecule has 0 aromatic heterocycles. The van der Waals surface area contributed by atoms with Crippen LogP contribution in [0, 0.1) is 27.7 Å². The fourth-order valence-electron chi connectivity index (χ4n) is 4.28. The lowest BCUT2D eigenvalue weighted by Crippen LogP contribution is -2.06. The van der Waals surface area contributed by atoms with E-state index in [0.29, 0.717) is 11.5 Å². The molecule has 2 heteroatoms. The minimum atomic E-state index is 0.00982. The number of hydrogen-bond acceptors (Lipinski definition) is 2. The van der Waals surface area contributed by atoms with Gasteiger partial charge in [0.15, 0.2) is 0 Å². The average molecular weight is 383 g/mol. The van der Waals surface area contributed by atoms with Crippen LogP contribution in [-0.2, 0) is 0 Å². The zero-order valence-electron chi connectivity index (χ0n) is 17.3. The Morgan fingerprint density at radius 2 is 0.966 bits per heavy atom. The molecule has 0 aliphatic carbocycles. The number of phenolic OH excluding ortho intramolecular Hbond substituents is 2. The van der Waals surface area contributed by atoms with E-state index >= 15 is 0 Å². The van der Waals surface area contributed by atoms with E-state index in [1.165, 1.54) is 16.3 Å². The predicted octanol–water partition coefficient (Wildman–Crippen LogP) is 6.66. The molecule has 0 atom stereocenters. The summed E-state index contributed by atoms with van der Waals surface area (Å²) in [6.45, 7) is 7.76. The maximum Gasteiger partial charge on any atom is 0.121 e. The van der Waals surface area contributed by atoms with Crippen molar-refractivity contribution in [2.75, 3.05) is 0 Å². The van der Waals surface area contributed by atoms with Crippen LogP contribution in [0.1, 0.15) is 44.9 Å². The number of aromatic hydroxyl groups is 2. The maximum atomic E-state index is 10.3. The van der Waals surface area contributed by atoms with Crippen LogP contribution in [0.15, 0.2) is 66.7 Å². The van der Waals surface area contributed by atoms with E-state index in [1.807, 2.05) is 27.7 Å². The molecule has 4 aromatic rings. The Balaban J connectivity index is 1.98. The SMILES string of the molecule is Cc1cc(C(c2cc(C)c(O)c(C)c2)c2ccc3ccccc3c2)cc(C)c1O. The maximum absolute atomic E-state index is 10.3. The van der Waals surface area contributed by atoms with Crippen molar-refractivity contribution in [3.63, 3.8) is 0 Å². The molecular formula is C27H26O2. The van der Waals surface area contributed by atoms with E-state index in [2.05, 4.69) is 66.7 Å². The minimum Gasteiger partial charge on any atom is -0.507 e. The summed E-state index contributed by atoms with van der Waals surface area (Å²) in [6.07, 6.45) is 0. The zero-order valence-corrected chi connectivity index (χ0v) is 17.3. The molecule has 0 unspecified atom stereocenters. The minimum absolute atomic E-state index is 0.00982. The summed E-state index contributed by atoms with van der Waals surface area (Å²) in [5, 5.41) is 23.0. The predicted molar refractivity (Wildman–Crippen MR) is 120 cm³/mol. The van der Waals surface area contributed by atoms with Crippen LogP contribution in [0.3, 0.4) is 0 Å². The van der Waals surface area contributed by atoms with Gasteiger partial charge in [0.2, 0.25) is 0 Å². The van der Waals surface area contributed by atoms with Crippen LogP contribution in [0.25, 0.3) is 10.8 Å². The number of benzene rings is 4. The summed E-state index contributed by atoms with van der Waals surface area (Å²) in [4.78, 5) is 0. The first-order chi connectivity index (χ1) is 13.8. The molecule has 0 spiro atoms. The molecule has 0 aliphatic rings. The largest absolute Gasteiger partial charge is 0.507 e. The van der Waals surface area contributed by atoms with Gasteiger partial charge in [0.1, 0.15) is 11.5 Å². The smallest absolute Gasteiger partial charge is 0.121 e. The van der Waals surface area contributed by atoms with Crippen LogP contribution in [0.5, 0.6) is 11.5 Å². The van der Waals surface area contributed by atoms with Crippen LogP contribution in [0.2, 0.25) is 0 Å². The highest BCUT2D eigenvalue weighted by molar-refractivity contribution is 5.83. The molecule has 0 amide bonds. The van der Waals surface area contributed by atoms with Crippen molar-refractivity contribution in [2.45, 2.75) is 33.6 Å². The van der Waals surface area contributed by atoms with Gasteiger partial charge in [-0.3, -0.25) is 0 Å². The van der Waals surface area contributed by atoms with E-state index < -0.39 is 0 Å². The molecule has 0 radical (unpaired) electrons. The van der Waals surface area contributed by atoms with Crippen LogP contribution < -0.4 is 0 Å². The third kappa shape index (κ3) is 3.47. The van der Waals surface area contributed by atoms with Gasteiger partial charge in [0.25, 0.3) is 0 Å². The van der Waals surface area contributed by atoms with Crippen molar-refractivity contribution in [2.24, 2.45) is 0 Å². The number of phenols is 2. The summed E-state index contributed by atoms with van der Waals surface area (Å²) >= 11 is 0. The third-order valence-corrected chi connectivity index (χ3v) is 5.80. The van der Waals surface area contributed by atoms with E-state index in [1.54, 1.807) is 0 Å². The lowest BCUT2D eigenvalue weighted by molar-refractivity contribution is 0.466. The highest BCUT2D eigenvalue weighted by Gasteiger charge is 2.21. The van der Waals surface area contributed by atoms with Crippen molar-refractivity contribution in [1.82, 2.24) is 0 Å². The van der Waals surface area contributed by atoms with Gasteiger partial charge in [-0.05, 0) is 77.4 Å². The number of aryl methyl sites for hydroxylation is 4. The molecule has 4 aromatic carbocycles. The van der Waals surface area contributed by atoms with Crippen LogP contribution in [-0.4, -0.2) is 10.2 Å². The summed E-state index contributed by atoms with van der Waals surface area (Å²) in [7, 11) is 0. The molecule has 2 N–H and O–H groups in total. The molecule has 0 bridgehead atoms. The van der Waals surface area contributed by atoms with Crippen molar-refractivity contribution in [3.05, 3.63) is 106 Å². The molecule has 2 nitrogen and oxygen atoms in total. The first kappa shape index (κ1) is 19.1. The fraction of sp³-hybridized carbons (Fsp3) is 0.185. The van der Waals surface area contributed by atoms with Gasteiger partial charge in [-0.15, -0.1) is 0 Å². The molecule has 0 heterocycles. The average Bonchev–Trinajstić information content (AvgIpc) is 2.70. The van der Waals surface area contributed by atoms with Crippen molar-refractivity contribution in [3.8, 4) is 11.5 Å². The molecule has 0 saturated heterocycles. The Bertz CT molecular complexity index is 1120. The van der Waals surface area contributed by atoms with Gasteiger partial charge in [0, 0.05) is 5.92 Å². The van der Waals surface area contributed by atoms with Crippen LogP contribution >= 0.6 is 0 Å². The van der Waals surface area contributed by atoms with E-state index in [9.17, 15) is 10.2 Å². The topological polar surface area (TPSA) is 40.5 Å². The van der Waals surface area contributed by atoms with Gasteiger partial charge in [-0.25, -0.2) is 0 Å². The fourth-order valence-corrected chi connectivity index (χ4v) is 4.28. The lowest BCUT2D eigenvalue weighted by atomic mass is 9.82. The summed E-state index contributed by atoms with van der Waals surface area (Å²) in [5.41, 5.74) is 6.96. The second kappa shape index (κ2) is 7.29. The highest BCUT2D eigenvalue weighted by atomic mass is 16.3. The van der Waals surface area contributed by atoms with Gasteiger partial charge >= 0.3 is 0 Å². The van der Waals surface area contributed by atoms with Crippen molar-refractivity contribution >= 4 is 10.8 Å². The Morgan fingerprint density at radius 1 is 0.517 bits per heavy atom. The second-order valence-electron chi connectivity index (χ2n) is 8.05. The van der Waals surface area contributed by atoms with E-state index in [-0.39, 0.29) is 5.92 Å². The third-order valence-electron chi connectivity index (χ3n) is 5.80. The monoisotopic (exact) mass is 382 g/mol. The number of fused-ring (bicyclic) bond motifs is 1. The normalized spacial score (nSPS) is 11.3. The quantitative estimate of drug-likeness (QED) is 0.389. The summed E-state index contributed by atoms with van der Waals surface area (Å²) < 4.78 is 0. The molecule has 0 saturated carbocycles. The Kier molecular flexibility index (Phi) is 4.79. The molecule has 0 fully saturated rings. The molecule has 0 aliphatic heterocycles. The lowest BCUT2D eigenvalue weighted by Gasteiger charge is -2.22. The molecular weight excluding hydrogens is 356 g/mol. The Morgan fingerprint density at radius 3 is 1.45 bits per heavy atom. The van der Waals surface area contributed by atoms with Gasteiger partial charge in [0.05, 0.1) is 0 Å². The summed E-state index contributed by atoms with van der Waals surface area (Å²) in [6, 6.07) is 23.2. The van der Waals surface area contributed by atoms with E-state index in [0.717, 1.165) is 33.4 Å². The standard InChI is InChI=1S/C27H26O2/c1-16-11-23(12-17(2)26(16)28)25(24-13-18(3)27(29)19(4)14-24)22-10-9-20-7-5-6-8-21(20)15-22/h5-15,25,28-29H,1-4H3. The van der Waals surface area contributed by atoms with Gasteiger partial charge < -0.3 is 10.2 Å². The van der Waals surface area contributed by atoms with Crippen molar-refractivity contribution < 1.29 is 10.2 Å². The Labute approximate surface area is 172 Å². The Hall–Kier alpha value is -3.26. The number of hydrogen-bond donors (Lipinski definition) is 2. The molecule has 146 valence electrons. The molecule has 29 heavy (non-hydrogen) atoms. The first-order valence-corrected chi connectivity index (χ1v) is 9.94. The molecule has 4 rings (SSSR count). The second-order valence-corrected chi connectivity index (χ2v) is 8.05. The first-order valence-electron chi connectivity index (χ1n) is 9.94. The van der Waals surface area contributed by atoms with Crippen molar-refractivity contribution in [1.29, 1.82) is 0 Å². The van der Waals surface area contributed by atoms with E-state index in [4.69, 9.17) is 0 Å². The van der Waals surface area contributed by atoms with Crippen LogP contribution in [0.4, 0.5) is 0 Å². The van der Waals surface area contributed by atoms with Gasteiger partial charge in [-0.2, -0.15) is 0 Å². The zero-order chi connectivity index (χ0) is 20.7. The van der Waals surface area contributed by atoms with Gasteiger partial charge in [-0.1, -0.05) is 66.7 Å². The summed E-state index contributed by atoms with van der Waals surface area (Å²) in [5.74, 6) is 0.712. The number of rotatable bonds is 3. The highest BCUT2D eigenvalue weighted by Crippen LogP contribution is 2.38.